The number of aryl methyl sites for hydroxylation is 1. The molecule has 0 saturated carbocycles. The monoisotopic (exact) mass is 446 g/mol. The lowest BCUT2D eigenvalue weighted by molar-refractivity contribution is -0.150. The van der Waals surface area contributed by atoms with Gasteiger partial charge in [0.05, 0.1) is 16.5 Å². The molecule has 28 heavy (non-hydrogen) atoms. The van der Waals surface area contributed by atoms with Gasteiger partial charge in [0.1, 0.15) is 22.8 Å². The number of fused-ring (bicyclic) bond motifs is 1. The molecule has 0 bridgehead atoms. The van der Waals surface area contributed by atoms with Crippen LogP contribution in [0.2, 0.25) is 0 Å². The summed E-state index contributed by atoms with van der Waals surface area (Å²) in [6.07, 6.45) is -0.775. The van der Waals surface area contributed by atoms with Crippen molar-refractivity contribution in [3.8, 4) is 17.2 Å². The zero-order valence-electron chi connectivity index (χ0n) is 15.7. The van der Waals surface area contributed by atoms with E-state index >= 15 is 0 Å². The smallest absolute Gasteiger partial charge is 0.347 e. The van der Waals surface area contributed by atoms with E-state index in [2.05, 4.69) is 15.9 Å². The molecule has 0 saturated heterocycles. The van der Waals surface area contributed by atoms with Gasteiger partial charge in [-0.15, -0.1) is 0 Å². The molecular formula is C21H19BrO6. The summed E-state index contributed by atoms with van der Waals surface area (Å²) in [5.74, 6) is 0.907. The zero-order chi connectivity index (χ0) is 20.3. The lowest BCUT2D eigenvalue weighted by atomic mass is 10.2. The highest BCUT2D eigenvalue weighted by molar-refractivity contribution is 9.10. The van der Waals surface area contributed by atoms with E-state index in [4.69, 9.17) is 18.6 Å². The maximum Gasteiger partial charge on any atom is 0.347 e. The Hall–Kier alpha value is -2.80. The second-order valence-corrected chi connectivity index (χ2v) is 6.87. The summed E-state index contributed by atoms with van der Waals surface area (Å²) in [6.45, 7) is 5.25. The molecule has 1 heterocycles. The number of esters is 1. The van der Waals surface area contributed by atoms with Crippen LogP contribution in [-0.2, 0) is 9.53 Å². The highest BCUT2D eigenvalue weighted by Gasteiger charge is 2.18. The van der Waals surface area contributed by atoms with Crippen molar-refractivity contribution >= 4 is 32.9 Å². The minimum Gasteiger partial charge on any atom is -0.479 e. The second kappa shape index (κ2) is 8.48. The predicted octanol–water partition coefficient (Wildman–Crippen LogP) is 4.99. The van der Waals surface area contributed by atoms with E-state index in [0.717, 1.165) is 4.47 Å². The summed E-state index contributed by atoms with van der Waals surface area (Å²) < 4.78 is 22.8. The third kappa shape index (κ3) is 4.20. The summed E-state index contributed by atoms with van der Waals surface area (Å²) >= 11 is 3.40. The standard InChI is InChI=1S/C21H19BrO6/c1-4-25-21(24)13(3)26-14-9-10-15-18(11-14)27-12(2)20(19(15)23)28-17-8-6-5-7-16(17)22/h5-11,13H,4H2,1-3H3. The second-order valence-electron chi connectivity index (χ2n) is 6.02. The fourth-order valence-electron chi connectivity index (χ4n) is 2.61. The van der Waals surface area contributed by atoms with Gasteiger partial charge < -0.3 is 18.6 Å². The van der Waals surface area contributed by atoms with Crippen molar-refractivity contribution in [3.63, 3.8) is 0 Å². The average molecular weight is 447 g/mol. The van der Waals surface area contributed by atoms with Crippen LogP contribution in [0.3, 0.4) is 0 Å². The Labute approximate surface area is 170 Å². The number of carbonyl (C=O) groups excluding carboxylic acids is 1. The van der Waals surface area contributed by atoms with Crippen LogP contribution >= 0.6 is 15.9 Å². The molecule has 1 atom stereocenters. The molecule has 6 nitrogen and oxygen atoms in total. The van der Waals surface area contributed by atoms with E-state index in [9.17, 15) is 9.59 Å². The van der Waals surface area contributed by atoms with Gasteiger partial charge >= 0.3 is 5.97 Å². The summed E-state index contributed by atoms with van der Waals surface area (Å²) in [5.41, 5.74) is 0.0510. The van der Waals surface area contributed by atoms with Gasteiger partial charge in [-0.1, -0.05) is 12.1 Å². The molecule has 7 heteroatoms. The Balaban J connectivity index is 1.93. The van der Waals surface area contributed by atoms with E-state index in [1.54, 1.807) is 45.0 Å². The van der Waals surface area contributed by atoms with Crippen LogP contribution < -0.4 is 14.9 Å². The minimum absolute atomic E-state index is 0.118. The topological polar surface area (TPSA) is 75.0 Å². The van der Waals surface area contributed by atoms with Gasteiger partial charge in [0.15, 0.2) is 6.10 Å². The number of benzene rings is 2. The van der Waals surface area contributed by atoms with Crippen molar-refractivity contribution in [2.75, 3.05) is 6.61 Å². The zero-order valence-corrected chi connectivity index (χ0v) is 17.2. The molecule has 0 radical (unpaired) electrons. The Kier molecular flexibility index (Phi) is 6.04. The fraction of sp³-hybridized carbons (Fsp3) is 0.238. The van der Waals surface area contributed by atoms with E-state index in [-0.39, 0.29) is 17.8 Å². The Morgan fingerprint density at radius 2 is 1.96 bits per heavy atom. The molecule has 0 fully saturated rings. The molecular weight excluding hydrogens is 428 g/mol. The van der Waals surface area contributed by atoms with E-state index in [0.29, 0.717) is 28.2 Å². The SMILES string of the molecule is CCOC(=O)C(C)Oc1ccc2c(=O)c(Oc3ccccc3Br)c(C)oc2c1. The van der Waals surface area contributed by atoms with Crippen molar-refractivity contribution in [2.45, 2.75) is 26.9 Å². The van der Waals surface area contributed by atoms with Crippen LogP contribution in [0.4, 0.5) is 0 Å². The molecule has 0 spiro atoms. The lowest BCUT2D eigenvalue weighted by Gasteiger charge is -2.14. The van der Waals surface area contributed by atoms with E-state index < -0.39 is 12.1 Å². The van der Waals surface area contributed by atoms with Crippen molar-refractivity contribution in [3.05, 3.63) is 62.9 Å². The number of ether oxygens (including phenoxy) is 3. The minimum atomic E-state index is -0.775. The van der Waals surface area contributed by atoms with Crippen molar-refractivity contribution in [1.82, 2.24) is 0 Å². The van der Waals surface area contributed by atoms with Crippen molar-refractivity contribution < 1.29 is 23.4 Å². The average Bonchev–Trinajstić information content (AvgIpc) is 2.66. The molecule has 0 aliphatic rings. The van der Waals surface area contributed by atoms with Gasteiger partial charge in [-0.05, 0) is 61.0 Å². The van der Waals surface area contributed by atoms with Gasteiger partial charge in [0.25, 0.3) is 0 Å². The molecule has 0 N–H and O–H groups in total. The first-order chi connectivity index (χ1) is 13.4. The quantitative estimate of drug-likeness (QED) is 0.496. The third-order valence-corrected chi connectivity index (χ3v) is 4.62. The van der Waals surface area contributed by atoms with Crippen LogP contribution in [0.25, 0.3) is 11.0 Å². The first-order valence-corrected chi connectivity index (χ1v) is 9.53. The molecule has 146 valence electrons. The van der Waals surface area contributed by atoms with Gasteiger partial charge in [-0.25, -0.2) is 4.79 Å². The predicted molar refractivity (Wildman–Crippen MR) is 108 cm³/mol. The first kappa shape index (κ1) is 19.9. The van der Waals surface area contributed by atoms with E-state index in [1.807, 2.05) is 18.2 Å². The Morgan fingerprint density at radius 1 is 1.21 bits per heavy atom. The maximum atomic E-state index is 12.9. The van der Waals surface area contributed by atoms with E-state index in [1.165, 1.54) is 0 Å². The number of halogens is 1. The van der Waals surface area contributed by atoms with Crippen LogP contribution in [0.15, 0.2) is 56.1 Å². The maximum absolute atomic E-state index is 12.9. The molecule has 1 aromatic heterocycles. The number of para-hydroxylation sites is 1. The molecule has 3 rings (SSSR count). The van der Waals surface area contributed by atoms with Crippen LogP contribution in [-0.4, -0.2) is 18.7 Å². The molecule has 0 aliphatic carbocycles. The summed E-state index contributed by atoms with van der Waals surface area (Å²) in [7, 11) is 0. The Bertz CT molecular complexity index is 1070. The lowest BCUT2D eigenvalue weighted by Crippen LogP contribution is -2.26. The summed E-state index contributed by atoms with van der Waals surface area (Å²) in [6, 6.07) is 12.0. The number of hydrogen-bond acceptors (Lipinski definition) is 6. The summed E-state index contributed by atoms with van der Waals surface area (Å²) in [5, 5.41) is 0.351. The number of carbonyl (C=O) groups is 1. The third-order valence-electron chi connectivity index (χ3n) is 3.97. The van der Waals surface area contributed by atoms with Gasteiger partial charge in [-0.2, -0.15) is 0 Å². The molecule has 2 aromatic carbocycles. The van der Waals surface area contributed by atoms with Gasteiger partial charge in [-0.3, -0.25) is 4.79 Å². The molecule has 1 unspecified atom stereocenters. The number of rotatable bonds is 6. The first-order valence-electron chi connectivity index (χ1n) is 8.73. The van der Waals surface area contributed by atoms with Crippen molar-refractivity contribution in [1.29, 1.82) is 0 Å². The Morgan fingerprint density at radius 3 is 2.68 bits per heavy atom. The summed E-state index contributed by atoms with van der Waals surface area (Å²) in [4.78, 5) is 24.6. The van der Waals surface area contributed by atoms with Gasteiger partial charge in [0, 0.05) is 6.07 Å². The largest absolute Gasteiger partial charge is 0.479 e. The molecule has 0 aliphatic heterocycles. The van der Waals surface area contributed by atoms with Crippen LogP contribution in [0, 0.1) is 6.92 Å². The van der Waals surface area contributed by atoms with Crippen LogP contribution in [0.1, 0.15) is 19.6 Å². The highest BCUT2D eigenvalue weighted by Crippen LogP contribution is 2.31. The highest BCUT2D eigenvalue weighted by atomic mass is 79.9. The van der Waals surface area contributed by atoms with Crippen molar-refractivity contribution in [2.24, 2.45) is 0 Å². The van der Waals surface area contributed by atoms with Crippen LogP contribution in [0.5, 0.6) is 17.2 Å². The number of hydrogen-bond donors (Lipinski definition) is 0. The fourth-order valence-corrected chi connectivity index (χ4v) is 2.97. The molecule has 3 aromatic rings. The normalized spacial score (nSPS) is 11.9. The van der Waals surface area contributed by atoms with Gasteiger partial charge in [0.2, 0.25) is 11.2 Å². The molecule has 0 amide bonds.